The van der Waals surface area contributed by atoms with Crippen molar-refractivity contribution in [2.75, 3.05) is 32.0 Å². The number of aromatic nitrogens is 3. The molecule has 2 bridgehead atoms. The monoisotopic (exact) mass is 515 g/mol. The Balaban J connectivity index is 1.26. The van der Waals surface area contributed by atoms with Crippen molar-refractivity contribution in [3.63, 3.8) is 0 Å². The van der Waals surface area contributed by atoms with E-state index in [0.29, 0.717) is 17.9 Å². The molecule has 8 nitrogen and oxygen atoms in total. The fraction of sp³-hybridized carbons (Fsp3) is 0.462. The summed E-state index contributed by atoms with van der Waals surface area (Å²) in [5, 5.41) is 0. The molecular formula is C26H28F3N5O3. The van der Waals surface area contributed by atoms with Gasteiger partial charge in [-0.1, -0.05) is 30.3 Å². The van der Waals surface area contributed by atoms with E-state index in [-0.39, 0.29) is 23.5 Å². The molecular weight excluding hydrogens is 487 g/mol. The van der Waals surface area contributed by atoms with Crippen LogP contribution in [0, 0.1) is 0 Å². The van der Waals surface area contributed by atoms with Gasteiger partial charge in [-0.15, -0.1) is 13.2 Å². The minimum absolute atomic E-state index is 0.0679. The average molecular weight is 516 g/mol. The molecule has 4 fully saturated rings. The summed E-state index contributed by atoms with van der Waals surface area (Å²) in [5.74, 6) is -0.145. The van der Waals surface area contributed by atoms with Crippen molar-refractivity contribution < 1.29 is 27.4 Å². The molecule has 4 aliphatic rings. The van der Waals surface area contributed by atoms with E-state index in [9.17, 15) is 13.2 Å². The lowest BCUT2D eigenvalue weighted by atomic mass is 9.43. The van der Waals surface area contributed by atoms with Crippen LogP contribution >= 0.6 is 0 Å². The number of imidazole rings is 1. The summed E-state index contributed by atoms with van der Waals surface area (Å²) in [5.41, 5.74) is 7.71. The maximum absolute atomic E-state index is 12.9. The number of hydrogen-bond acceptors (Lipinski definition) is 7. The SMILES string of the molecule is Nc1ncc(-c2cn(C34CC(N5CCOCC5)(C3)C4)c(COCc3ccccc3)n2)cc1OC(F)(F)F. The lowest BCUT2D eigenvalue weighted by Crippen LogP contribution is -2.79. The van der Waals surface area contributed by atoms with Crippen molar-refractivity contribution in [2.24, 2.45) is 0 Å². The number of anilines is 1. The van der Waals surface area contributed by atoms with Gasteiger partial charge in [0.2, 0.25) is 0 Å². The highest BCUT2D eigenvalue weighted by Gasteiger charge is 2.71. The second kappa shape index (κ2) is 9.00. The van der Waals surface area contributed by atoms with Crippen molar-refractivity contribution in [3.05, 3.63) is 60.2 Å². The first-order valence-electron chi connectivity index (χ1n) is 12.3. The zero-order valence-corrected chi connectivity index (χ0v) is 20.2. The third-order valence-electron chi connectivity index (χ3n) is 7.69. The van der Waals surface area contributed by atoms with Crippen molar-refractivity contribution in [1.29, 1.82) is 0 Å². The first-order valence-corrected chi connectivity index (χ1v) is 12.3. The Morgan fingerprint density at radius 2 is 1.76 bits per heavy atom. The molecule has 0 spiro atoms. The molecule has 7 rings (SSSR count). The Bertz CT molecular complexity index is 1250. The Kier molecular flexibility index (Phi) is 5.89. The molecule has 37 heavy (non-hydrogen) atoms. The minimum Gasteiger partial charge on any atom is -0.402 e. The van der Waals surface area contributed by atoms with Gasteiger partial charge in [0, 0.05) is 36.6 Å². The molecule has 196 valence electrons. The highest BCUT2D eigenvalue weighted by atomic mass is 19.4. The van der Waals surface area contributed by atoms with Crippen LogP contribution < -0.4 is 10.5 Å². The molecule has 0 atom stereocenters. The van der Waals surface area contributed by atoms with E-state index in [2.05, 4.69) is 19.2 Å². The number of ether oxygens (including phenoxy) is 3. The van der Waals surface area contributed by atoms with Gasteiger partial charge in [-0.3, -0.25) is 4.90 Å². The number of nitrogens with two attached hydrogens (primary N) is 1. The summed E-state index contributed by atoms with van der Waals surface area (Å²) < 4.78 is 56.3. The van der Waals surface area contributed by atoms with Crippen LogP contribution in [-0.4, -0.2) is 57.6 Å². The predicted octanol–water partition coefficient (Wildman–Crippen LogP) is 4.11. The highest BCUT2D eigenvalue weighted by molar-refractivity contribution is 5.64. The zero-order chi connectivity index (χ0) is 25.7. The molecule has 0 radical (unpaired) electrons. The third-order valence-corrected chi connectivity index (χ3v) is 7.69. The molecule has 1 aromatic carbocycles. The Morgan fingerprint density at radius 3 is 2.46 bits per heavy atom. The lowest BCUT2D eigenvalue weighted by molar-refractivity contribution is -0.274. The molecule has 3 aromatic rings. The van der Waals surface area contributed by atoms with Crippen molar-refractivity contribution >= 4 is 5.82 Å². The smallest absolute Gasteiger partial charge is 0.402 e. The highest BCUT2D eigenvalue weighted by Crippen LogP contribution is 2.68. The molecule has 2 N–H and O–H groups in total. The van der Waals surface area contributed by atoms with Gasteiger partial charge in [-0.25, -0.2) is 9.97 Å². The number of hydrogen-bond donors (Lipinski definition) is 1. The molecule has 2 aromatic heterocycles. The number of pyridine rings is 1. The Labute approximate surface area is 212 Å². The number of alkyl halides is 3. The van der Waals surface area contributed by atoms with E-state index in [4.69, 9.17) is 20.2 Å². The van der Waals surface area contributed by atoms with Crippen LogP contribution in [-0.2, 0) is 28.2 Å². The van der Waals surface area contributed by atoms with Crippen LogP contribution in [0.3, 0.4) is 0 Å². The summed E-state index contributed by atoms with van der Waals surface area (Å²) in [4.78, 5) is 11.2. The van der Waals surface area contributed by atoms with Crippen LogP contribution in [0.15, 0.2) is 48.8 Å². The van der Waals surface area contributed by atoms with Crippen LogP contribution in [0.4, 0.5) is 19.0 Å². The van der Waals surface area contributed by atoms with Gasteiger partial charge in [-0.05, 0) is 30.9 Å². The van der Waals surface area contributed by atoms with E-state index < -0.39 is 12.1 Å². The summed E-state index contributed by atoms with van der Waals surface area (Å²) in [6.07, 6.45) is 1.45. The molecule has 11 heteroatoms. The number of nitrogens with zero attached hydrogens (tertiary/aromatic N) is 4. The second-order valence-electron chi connectivity index (χ2n) is 10.1. The molecule has 1 saturated heterocycles. The van der Waals surface area contributed by atoms with Crippen molar-refractivity contribution in [3.8, 4) is 17.0 Å². The van der Waals surface area contributed by atoms with Crippen LogP contribution in [0.2, 0.25) is 0 Å². The predicted molar refractivity (Wildman–Crippen MR) is 128 cm³/mol. The molecule has 3 aliphatic carbocycles. The van der Waals surface area contributed by atoms with E-state index in [1.807, 2.05) is 36.5 Å². The van der Waals surface area contributed by atoms with Crippen LogP contribution in [0.25, 0.3) is 11.3 Å². The molecule has 3 heterocycles. The Hall–Kier alpha value is -3.15. The zero-order valence-electron chi connectivity index (χ0n) is 20.2. The standard InChI is InChI=1S/C26H28F3N5O3/c27-26(28,29)37-21-10-19(11-31-23(21)30)20-12-34(22(32-20)14-36-13-18-4-2-1-3-5-18)25-15-24(16-25,17-25)33-6-8-35-9-7-33/h1-5,10-12H,6-9,13-17H2,(H2,30,31). The van der Waals surface area contributed by atoms with Crippen molar-refractivity contribution in [1.82, 2.24) is 19.4 Å². The molecule has 3 saturated carbocycles. The molecule has 1 aliphatic heterocycles. The largest absolute Gasteiger partial charge is 0.573 e. The maximum atomic E-state index is 12.9. The lowest BCUT2D eigenvalue weighted by Gasteiger charge is -2.74. The van der Waals surface area contributed by atoms with E-state index in [1.165, 1.54) is 12.3 Å². The van der Waals surface area contributed by atoms with Gasteiger partial charge < -0.3 is 24.5 Å². The summed E-state index contributed by atoms with van der Waals surface area (Å²) in [7, 11) is 0. The van der Waals surface area contributed by atoms with Gasteiger partial charge in [-0.2, -0.15) is 0 Å². The first-order chi connectivity index (χ1) is 17.8. The number of halogens is 3. The Morgan fingerprint density at radius 1 is 1.03 bits per heavy atom. The normalized spacial score (nSPS) is 25.4. The minimum atomic E-state index is -4.87. The topological polar surface area (TPSA) is 87.7 Å². The van der Waals surface area contributed by atoms with Gasteiger partial charge in [0.25, 0.3) is 0 Å². The van der Waals surface area contributed by atoms with E-state index in [1.54, 1.807) is 0 Å². The maximum Gasteiger partial charge on any atom is 0.573 e. The fourth-order valence-corrected chi connectivity index (χ4v) is 6.02. The fourth-order valence-electron chi connectivity index (χ4n) is 6.02. The quantitative estimate of drug-likeness (QED) is 0.483. The number of benzene rings is 1. The third kappa shape index (κ3) is 4.55. The van der Waals surface area contributed by atoms with Gasteiger partial charge in [0.05, 0.1) is 31.1 Å². The van der Waals surface area contributed by atoms with Gasteiger partial charge in [0.15, 0.2) is 11.6 Å². The first kappa shape index (κ1) is 24.2. The number of nitrogen functional groups attached to an aromatic ring is 1. The second-order valence-corrected chi connectivity index (χ2v) is 10.1. The summed E-state index contributed by atoms with van der Waals surface area (Å²) in [6, 6.07) is 11.1. The summed E-state index contributed by atoms with van der Waals surface area (Å²) >= 11 is 0. The molecule has 0 unspecified atom stereocenters. The number of rotatable bonds is 8. The summed E-state index contributed by atoms with van der Waals surface area (Å²) in [6.45, 7) is 4.11. The average Bonchev–Trinajstić information content (AvgIpc) is 3.23. The van der Waals surface area contributed by atoms with Gasteiger partial charge >= 0.3 is 6.36 Å². The van der Waals surface area contributed by atoms with Crippen LogP contribution in [0.1, 0.15) is 30.7 Å². The van der Waals surface area contributed by atoms with Gasteiger partial charge in [0.1, 0.15) is 12.4 Å². The van der Waals surface area contributed by atoms with Crippen LogP contribution in [0.5, 0.6) is 5.75 Å². The van der Waals surface area contributed by atoms with E-state index in [0.717, 1.165) is 57.0 Å². The van der Waals surface area contributed by atoms with Crippen molar-refractivity contribution in [2.45, 2.75) is 49.9 Å². The van der Waals surface area contributed by atoms with E-state index >= 15 is 0 Å². The number of morpholine rings is 1. The molecule has 0 amide bonds.